The highest BCUT2D eigenvalue weighted by atomic mass is 16.5. The predicted molar refractivity (Wildman–Crippen MR) is 128 cm³/mol. The van der Waals surface area contributed by atoms with Crippen molar-refractivity contribution in [3.8, 4) is 0 Å². The summed E-state index contributed by atoms with van der Waals surface area (Å²) >= 11 is 0. The molecule has 0 aromatic heterocycles. The van der Waals surface area contributed by atoms with Crippen molar-refractivity contribution in [1.29, 1.82) is 0 Å². The highest BCUT2D eigenvalue weighted by molar-refractivity contribution is 5.90. The van der Waals surface area contributed by atoms with Gasteiger partial charge in [0.1, 0.15) is 6.04 Å². The van der Waals surface area contributed by atoms with E-state index in [4.69, 9.17) is 4.74 Å². The van der Waals surface area contributed by atoms with E-state index >= 15 is 0 Å². The van der Waals surface area contributed by atoms with E-state index < -0.39 is 6.04 Å². The van der Waals surface area contributed by atoms with Gasteiger partial charge in [0.2, 0.25) is 11.8 Å². The zero-order valence-corrected chi connectivity index (χ0v) is 21.2. The smallest absolute Gasteiger partial charge is 0.245 e. The molecule has 0 aromatic rings. The van der Waals surface area contributed by atoms with Gasteiger partial charge in [-0.1, -0.05) is 54.4 Å². The van der Waals surface area contributed by atoms with Crippen LogP contribution in [-0.2, 0) is 14.3 Å². The van der Waals surface area contributed by atoms with Crippen molar-refractivity contribution in [1.82, 2.24) is 15.5 Å². The maximum Gasteiger partial charge on any atom is 0.245 e. The summed E-state index contributed by atoms with van der Waals surface area (Å²) in [6, 6.07) is -0.572. The van der Waals surface area contributed by atoms with Gasteiger partial charge < -0.3 is 20.3 Å². The molecule has 5 atom stereocenters. The molecule has 1 saturated heterocycles. The van der Waals surface area contributed by atoms with Crippen LogP contribution >= 0.6 is 0 Å². The third-order valence-corrected chi connectivity index (χ3v) is 6.68. The molecule has 0 aromatic carbocycles. The second-order valence-corrected chi connectivity index (χ2v) is 9.44. The maximum absolute atomic E-state index is 13.9. The molecule has 0 aliphatic carbocycles. The SMILES string of the molecule is CCCN(C(=O)C(NC(=O)C1CCCCN1)C(C)CC)C(CC(CC)OCC)C(C)C. The topological polar surface area (TPSA) is 70.7 Å². The Kier molecular flexibility index (Phi) is 13.3. The molecule has 0 saturated carbocycles. The number of nitrogens with one attached hydrogen (secondary N) is 2. The fourth-order valence-corrected chi connectivity index (χ4v) is 4.49. The number of hydrogen-bond donors (Lipinski definition) is 2. The lowest BCUT2D eigenvalue weighted by Crippen LogP contribution is -2.59. The van der Waals surface area contributed by atoms with Crippen molar-refractivity contribution >= 4 is 11.8 Å². The van der Waals surface area contributed by atoms with Crippen LogP contribution in [0.1, 0.15) is 93.4 Å². The molecule has 1 aliphatic rings. The lowest BCUT2D eigenvalue weighted by Gasteiger charge is -2.40. The summed E-state index contributed by atoms with van der Waals surface area (Å²) in [5.74, 6) is 0.432. The van der Waals surface area contributed by atoms with E-state index in [0.717, 1.165) is 51.5 Å². The van der Waals surface area contributed by atoms with Crippen LogP contribution in [0.25, 0.3) is 0 Å². The molecule has 5 unspecified atom stereocenters. The van der Waals surface area contributed by atoms with E-state index in [0.29, 0.717) is 19.1 Å². The molecule has 1 heterocycles. The van der Waals surface area contributed by atoms with Gasteiger partial charge in [-0.15, -0.1) is 0 Å². The van der Waals surface area contributed by atoms with Crippen LogP contribution in [0, 0.1) is 11.8 Å². The van der Waals surface area contributed by atoms with E-state index in [1.54, 1.807) is 0 Å². The average molecular weight is 440 g/mol. The molecule has 0 bridgehead atoms. The van der Waals surface area contributed by atoms with Gasteiger partial charge in [-0.3, -0.25) is 9.59 Å². The molecule has 6 nitrogen and oxygen atoms in total. The molecular formula is C25H49N3O3. The van der Waals surface area contributed by atoms with Crippen LogP contribution in [0.3, 0.4) is 0 Å². The summed E-state index contributed by atoms with van der Waals surface area (Å²) in [7, 11) is 0. The van der Waals surface area contributed by atoms with Gasteiger partial charge in [0.15, 0.2) is 0 Å². The van der Waals surface area contributed by atoms with Crippen LogP contribution in [0.4, 0.5) is 0 Å². The van der Waals surface area contributed by atoms with E-state index in [-0.39, 0.29) is 35.9 Å². The summed E-state index contributed by atoms with van der Waals surface area (Å²) in [6.07, 6.45) is 6.66. The largest absolute Gasteiger partial charge is 0.378 e. The number of piperidine rings is 1. The first-order chi connectivity index (χ1) is 14.8. The molecule has 2 amide bonds. The van der Waals surface area contributed by atoms with Crippen LogP contribution < -0.4 is 10.6 Å². The first kappa shape index (κ1) is 27.9. The number of nitrogens with zero attached hydrogens (tertiary/aromatic N) is 1. The second kappa shape index (κ2) is 14.8. The summed E-state index contributed by atoms with van der Waals surface area (Å²) in [6.45, 7) is 17.1. The lowest BCUT2D eigenvalue weighted by atomic mass is 9.91. The third-order valence-electron chi connectivity index (χ3n) is 6.68. The summed E-state index contributed by atoms with van der Waals surface area (Å²) in [5, 5.41) is 6.45. The minimum atomic E-state index is -0.485. The van der Waals surface area contributed by atoms with Crippen molar-refractivity contribution < 1.29 is 14.3 Å². The number of hydrogen-bond acceptors (Lipinski definition) is 4. The maximum atomic E-state index is 13.9. The molecule has 2 N–H and O–H groups in total. The molecule has 182 valence electrons. The Balaban J connectivity index is 3.08. The van der Waals surface area contributed by atoms with Gasteiger partial charge in [-0.05, 0) is 57.4 Å². The van der Waals surface area contributed by atoms with Crippen molar-refractivity contribution in [3.63, 3.8) is 0 Å². The first-order valence-electron chi connectivity index (χ1n) is 12.8. The minimum Gasteiger partial charge on any atom is -0.378 e. The fourth-order valence-electron chi connectivity index (χ4n) is 4.49. The molecule has 1 aliphatic heterocycles. The average Bonchev–Trinajstić information content (AvgIpc) is 2.78. The predicted octanol–water partition coefficient (Wildman–Crippen LogP) is 4.13. The van der Waals surface area contributed by atoms with Gasteiger partial charge >= 0.3 is 0 Å². The first-order valence-corrected chi connectivity index (χ1v) is 12.8. The highest BCUT2D eigenvalue weighted by Gasteiger charge is 2.36. The van der Waals surface area contributed by atoms with E-state index in [1.807, 2.05) is 11.8 Å². The molecule has 1 fully saturated rings. The van der Waals surface area contributed by atoms with E-state index in [2.05, 4.69) is 52.2 Å². The highest BCUT2D eigenvalue weighted by Crippen LogP contribution is 2.23. The van der Waals surface area contributed by atoms with E-state index in [1.165, 1.54) is 0 Å². The summed E-state index contributed by atoms with van der Waals surface area (Å²) < 4.78 is 5.94. The Bertz CT molecular complexity index is 520. The monoisotopic (exact) mass is 439 g/mol. The van der Waals surface area contributed by atoms with Crippen molar-refractivity contribution in [2.75, 3.05) is 19.7 Å². The normalized spacial score (nSPS) is 20.7. The van der Waals surface area contributed by atoms with Gasteiger partial charge in [-0.2, -0.15) is 0 Å². The summed E-state index contributed by atoms with van der Waals surface area (Å²) in [5.41, 5.74) is 0. The zero-order valence-electron chi connectivity index (χ0n) is 21.2. The molecule has 0 radical (unpaired) electrons. The van der Waals surface area contributed by atoms with Crippen molar-refractivity contribution in [2.45, 2.75) is 118 Å². The zero-order chi connectivity index (χ0) is 23.4. The number of rotatable bonds is 14. The molecule has 31 heavy (non-hydrogen) atoms. The molecule has 1 rings (SSSR count). The number of ether oxygens (including phenoxy) is 1. The van der Waals surface area contributed by atoms with Crippen LogP contribution in [-0.4, -0.2) is 60.6 Å². The lowest BCUT2D eigenvalue weighted by molar-refractivity contribution is -0.142. The molecule has 6 heteroatoms. The standard InChI is InChI=1S/C25H49N3O3/c1-8-16-28(22(18(5)6)17-20(10-3)31-11-4)25(30)23(19(7)9-2)27-24(29)21-14-12-13-15-26-21/h18-23,26H,8-17H2,1-7H3,(H,27,29). The van der Waals surface area contributed by atoms with Crippen molar-refractivity contribution in [3.05, 3.63) is 0 Å². The Morgan fingerprint density at radius 1 is 1.10 bits per heavy atom. The van der Waals surface area contributed by atoms with Gasteiger partial charge in [0.05, 0.1) is 12.1 Å². The second-order valence-electron chi connectivity index (χ2n) is 9.44. The minimum absolute atomic E-state index is 0.0309. The number of carbonyl (C=O) groups excluding carboxylic acids is 2. The summed E-state index contributed by atoms with van der Waals surface area (Å²) in [4.78, 5) is 28.9. The quantitative estimate of drug-likeness (QED) is 0.427. The van der Waals surface area contributed by atoms with Crippen LogP contribution in [0.2, 0.25) is 0 Å². The Hall–Kier alpha value is -1.14. The van der Waals surface area contributed by atoms with E-state index in [9.17, 15) is 9.59 Å². The fraction of sp³-hybridized carbons (Fsp3) is 0.920. The molecular weight excluding hydrogens is 390 g/mol. The Morgan fingerprint density at radius 2 is 1.81 bits per heavy atom. The third kappa shape index (κ3) is 8.72. The van der Waals surface area contributed by atoms with Crippen molar-refractivity contribution in [2.24, 2.45) is 11.8 Å². The Morgan fingerprint density at radius 3 is 2.29 bits per heavy atom. The number of amides is 2. The van der Waals surface area contributed by atoms with Gasteiger partial charge in [0.25, 0.3) is 0 Å². The van der Waals surface area contributed by atoms with Gasteiger partial charge in [-0.25, -0.2) is 0 Å². The van der Waals surface area contributed by atoms with Crippen LogP contribution in [0.5, 0.6) is 0 Å². The number of carbonyl (C=O) groups is 2. The molecule has 0 spiro atoms. The van der Waals surface area contributed by atoms with Gasteiger partial charge in [0, 0.05) is 19.2 Å². The Labute approximate surface area is 191 Å². The van der Waals surface area contributed by atoms with Crippen LogP contribution in [0.15, 0.2) is 0 Å².